The fourth-order valence-corrected chi connectivity index (χ4v) is 2.72. The van der Waals surface area contributed by atoms with E-state index in [1.54, 1.807) is 0 Å². The number of hydrogen-bond donors (Lipinski definition) is 0. The molecule has 0 N–H and O–H groups in total. The lowest BCUT2D eigenvalue weighted by atomic mass is 9.60. The molecule has 0 spiro atoms. The Bertz CT molecular complexity index is 148. The second-order valence-corrected chi connectivity index (χ2v) is 5.45. The van der Waals surface area contributed by atoms with Crippen LogP contribution in [0.4, 0.5) is 0 Å². The maximum Gasteiger partial charge on any atom is -0.0275 e. The summed E-state index contributed by atoms with van der Waals surface area (Å²) in [6.45, 7) is 12.1. The topological polar surface area (TPSA) is 0 Å². The summed E-state index contributed by atoms with van der Waals surface area (Å²) >= 11 is 0. The van der Waals surface area contributed by atoms with Crippen molar-refractivity contribution in [1.82, 2.24) is 0 Å². The molecule has 0 amide bonds. The Morgan fingerprint density at radius 3 is 2.17 bits per heavy atom. The standard InChI is InChI=1S/C12H24/c1-9(2)12(5)8-10(3)6-7-11(12)4/h9-11H,6-8H2,1-5H3. The normalized spacial score (nSPS) is 43.5. The lowest BCUT2D eigenvalue weighted by Gasteiger charge is -2.45. The molecule has 1 rings (SSSR count). The molecular weight excluding hydrogens is 144 g/mol. The molecule has 0 aliphatic heterocycles. The van der Waals surface area contributed by atoms with Crippen molar-refractivity contribution in [2.75, 3.05) is 0 Å². The van der Waals surface area contributed by atoms with Crippen LogP contribution in [0.15, 0.2) is 0 Å². The van der Waals surface area contributed by atoms with Gasteiger partial charge in [0.15, 0.2) is 0 Å². The Hall–Kier alpha value is 0. The first-order valence-electron chi connectivity index (χ1n) is 5.47. The maximum absolute atomic E-state index is 2.48. The Kier molecular flexibility index (Phi) is 2.85. The van der Waals surface area contributed by atoms with Gasteiger partial charge in [0.2, 0.25) is 0 Å². The molecule has 0 aromatic rings. The summed E-state index contributed by atoms with van der Waals surface area (Å²) in [6, 6.07) is 0. The molecule has 3 atom stereocenters. The van der Waals surface area contributed by atoms with Crippen molar-refractivity contribution >= 4 is 0 Å². The molecule has 1 aliphatic rings. The van der Waals surface area contributed by atoms with Crippen molar-refractivity contribution < 1.29 is 0 Å². The monoisotopic (exact) mass is 168 g/mol. The van der Waals surface area contributed by atoms with E-state index in [9.17, 15) is 0 Å². The van der Waals surface area contributed by atoms with Gasteiger partial charge in [0, 0.05) is 0 Å². The third kappa shape index (κ3) is 1.67. The van der Waals surface area contributed by atoms with Gasteiger partial charge < -0.3 is 0 Å². The molecule has 72 valence electrons. The zero-order valence-corrected chi connectivity index (χ0v) is 9.35. The minimum Gasteiger partial charge on any atom is -0.0625 e. The van der Waals surface area contributed by atoms with Crippen LogP contribution in [0.1, 0.15) is 53.9 Å². The number of hydrogen-bond acceptors (Lipinski definition) is 0. The maximum atomic E-state index is 2.48. The van der Waals surface area contributed by atoms with Crippen molar-refractivity contribution in [2.24, 2.45) is 23.2 Å². The minimum absolute atomic E-state index is 0.609. The summed E-state index contributed by atoms with van der Waals surface area (Å²) in [7, 11) is 0. The molecule has 3 unspecified atom stereocenters. The van der Waals surface area contributed by atoms with Gasteiger partial charge in [0.1, 0.15) is 0 Å². The first kappa shape index (κ1) is 10.1. The molecular formula is C12H24. The van der Waals surface area contributed by atoms with Crippen LogP contribution in [0.5, 0.6) is 0 Å². The lowest BCUT2D eigenvalue weighted by Crippen LogP contribution is -2.36. The first-order valence-corrected chi connectivity index (χ1v) is 5.47. The van der Waals surface area contributed by atoms with E-state index >= 15 is 0 Å². The molecule has 0 saturated heterocycles. The molecule has 1 fully saturated rings. The van der Waals surface area contributed by atoms with Gasteiger partial charge in [-0.25, -0.2) is 0 Å². The van der Waals surface area contributed by atoms with Crippen LogP contribution in [0.25, 0.3) is 0 Å². The fraction of sp³-hybridized carbons (Fsp3) is 1.00. The van der Waals surface area contributed by atoms with Crippen LogP contribution in [-0.4, -0.2) is 0 Å². The third-order valence-electron chi connectivity index (χ3n) is 4.33. The van der Waals surface area contributed by atoms with Gasteiger partial charge >= 0.3 is 0 Å². The lowest BCUT2D eigenvalue weighted by molar-refractivity contribution is 0.0450. The molecule has 1 aliphatic carbocycles. The summed E-state index contributed by atoms with van der Waals surface area (Å²) in [5.41, 5.74) is 0.609. The van der Waals surface area contributed by atoms with Crippen molar-refractivity contribution in [2.45, 2.75) is 53.9 Å². The SMILES string of the molecule is CC1CCC(C)C(C)(C(C)C)C1. The molecule has 0 heterocycles. The Morgan fingerprint density at radius 2 is 1.75 bits per heavy atom. The number of rotatable bonds is 1. The van der Waals surface area contributed by atoms with Gasteiger partial charge in [-0.3, -0.25) is 0 Å². The van der Waals surface area contributed by atoms with Gasteiger partial charge in [-0.2, -0.15) is 0 Å². The molecule has 0 heteroatoms. The summed E-state index contributed by atoms with van der Waals surface area (Å²) in [4.78, 5) is 0. The summed E-state index contributed by atoms with van der Waals surface area (Å²) < 4.78 is 0. The molecule has 1 saturated carbocycles. The quantitative estimate of drug-likeness (QED) is 0.553. The van der Waals surface area contributed by atoms with E-state index in [2.05, 4.69) is 34.6 Å². The minimum atomic E-state index is 0.609. The van der Waals surface area contributed by atoms with Gasteiger partial charge in [-0.05, 0) is 36.0 Å². The predicted octanol–water partition coefficient (Wildman–Crippen LogP) is 4.10. The van der Waals surface area contributed by atoms with Crippen LogP contribution in [0, 0.1) is 23.2 Å². The highest BCUT2D eigenvalue weighted by Crippen LogP contribution is 2.47. The highest BCUT2D eigenvalue weighted by Gasteiger charge is 2.38. The highest BCUT2D eigenvalue weighted by atomic mass is 14.4. The van der Waals surface area contributed by atoms with Crippen LogP contribution in [0.3, 0.4) is 0 Å². The Morgan fingerprint density at radius 1 is 1.17 bits per heavy atom. The predicted molar refractivity (Wildman–Crippen MR) is 55.1 cm³/mol. The third-order valence-corrected chi connectivity index (χ3v) is 4.33. The molecule has 12 heavy (non-hydrogen) atoms. The van der Waals surface area contributed by atoms with Crippen molar-refractivity contribution in [3.63, 3.8) is 0 Å². The van der Waals surface area contributed by atoms with E-state index < -0.39 is 0 Å². The van der Waals surface area contributed by atoms with Crippen molar-refractivity contribution in [3.05, 3.63) is 0 Å². The molecule has 0 aromatic carbocycles. The molecule has 0 radical (unpaired) electrons. The van der Waals surface area contributed by atoms with Gasteiger partial charge in [0.25, 0.3) is 0 Å². The summed E-state index contributed by atoms with van der Waals surface area (Å²) in [5, 5.41) is 0. The van der Waals surface area contributed by atoms with E-state index in [0.29, 0.717) is 5.41 Å². The second-order valence-electron chi connectivity index (χ2n) is 5.45. The van der Waals surface area contributed by atoms with E-state index in [0.717, 1.165) is 17.8 Å². The van der Waals surface area contributed by atoms with Gasteiger partial charge in [0.05, 0.1) is 0 Å². The zero-order chi connectivity index (χ0) is 9.35. The van der Waals surface area contributed by atoms with Crippen LogP contribution < -0.4 is 0 Å². The first-order chi connectivity index (χ1) is 5.47. The van der Waals surface area contributed by atoms with Crippen LogP contribution >= 0.6 is 0 Å². The summed E-state index contributed by atoms with van der Waals surface area (Å²) in [5.74, 6) is 2.72. The highest BCUT2D eigenvalue weighted by molar-refractivity contribution is 4.88. The average Bonchev–Trinajstić information content (AvgIpc) is 1.97. The Labute approximate surface area is 77.7 Å². The van der Waals surface area contributed by atoms with E-state index in [-0.39, 0.29) is 0 Å². The van der Waals surface area contributed by atoms with E-state index in [4.69, 9.17) is 0 Å². The van der Waals surface area contributed by atoms with Crippen molar-refractivity contribution in [1.29, 1.82) is 0 Å². The van der Waals surface area contributed by atoms with Crippen LogP contribution in [-0.2, 0) is 0 Å². The van der Waals surface area contributed by atoms with Crippen LogP contribution in [0.2, 0.25) is 0 Å². The van der Waals surface area contributed by atoms with E-state index in [1.165, 1.54) is 19.3 Å². The average molecular weight is 168 g/mol. The van der Waals surface area contributed by atoms with E-state index in [1.807, 2.05) is 0 Å². The zero-order valence-electron chi connectivity index (χ0n) is 9.35. The summed E-state index contributed by atoms with van der Waals surface area (Å²) in [6.07, 6.45) is 4.32. The molecule has 0 aromatic heterocycles. The smallest absolute Gasteiger partial charge is 0.0275 e. The molecule has 0 bridgehead atoms. The fourth-order valence-electron chi connectivity index (χ4n) is 2.72. The Balaban J connectivity index is 2.71. The largest absolute Gasteiger partial charge is 0.0625 e. The van der Waals surface area contributed by atoms with Gasteiger partial charge in [-0.1, -0.05) is 41.0 Å². The molecule has 0 nitrogen and oxygen atoms in total. The van der Waals surface area contributed by atoms with Gasteiger partial charge in [-0.15, -0.1) is 0 Å². The van der Waals surface area contributed by atoms with Crippen molar-refractivity contribution in [3.8, 4) is 0 Å². The second kappa shape index (κ2) is 3.40.